The number of fused-ring (bicyclic) bond motifs is 1. The molecule has 4 nitrogen and oxygen atoms in total. The Kier molecular flexibility index (Phi) is 4.52. The summed E-state index contributed by atoms with van der Waals surface area (Å²) >= 11 is 9.64. The van der Waals surface area contributed by atoms with Crippen LogP contribution in [-0.2, 0) is 20.0 Å². The molecule has 0 N–H and O–H groups in total. The highest BCUT2D eigenvalue weighted by Gasteiger charge is 2.28. The van der Waals surface area contributed by atoms with E-state index in [4.69, 9.17) is 16.6 Å². The van der Waals surface area contributed by atoms with E-state index in [0.29, 0.717) is 29.6 Å². The molecule has 3 rings (SSSR count). The van der Waals surface area contributed by atoms with Crippen LogP contribution in [0, 0.1) is 0 Å². The third kappa shape index (κ3) is 2.92. The molecule has 0 spiro atoms. The highest BCUT2D eigenvalue weighted by molar-refractivity contribution is 9.10. The van der Waals surface area contributed by atoms with E-state index in [2.05, 4.69) is 41.4 Å². The molecule has 0 fully saturated rings. The smallest absolute Gasteiger partial charge is 0.255 e. The van der Waals surface area contributed by atoms with Gasteiger partial charge in [-0.2, -0.15) is 0 Å². The molecule has 1 amide bonds. The zero-order valence-electron chi connectivity index (χ0n) is 13.4. The van der Waals surface area contributed by atoms with Crippen molar-refractivity contribution in [3.63, 3.8) is 0 Å². The van der Waals surface area contributed by atoms with Gasteiger partial charge in [0.1, 0.15) is 5.82 Å². The van der Waals surface area contributed by atoms with Gasteiger partial charge in [-0.1, -0.05) is 31.5 Å². The minimum Gasteiger partial charge on any atom is -0.334 e. The zero-order valence-corrected chi connectivity index (χ0v) is 15.8. The predicted octanol–water partition coefficient (Wildman–Crippen LogP) is 4.16. The van der Waals surface area contributed by atoms with Gasteiger partial charge in [-0.3, -0.25) is 4.79 Å². The Morgan fingerprint density at radius 3 is 2.83 bits per heavy atom. The monoisotopic (exact) mass is 395 g/mol. The molecule has 1 aliphatic rings. The number of nitrogens with zero attached hydrogens (tertiary/aromatic N) is 3. The molecule has 0 aliphatic carbocycles. The van der Waals surface area contributed by atoms with E-state index < -0.39 is 0 Å². The number of hydrogen-bond donors (Lipinski definition) is 0. The van der Waals surface area contributed by atoms with Crippen LogP contribution < -0.4 is 0 Å². The Morgan fingerprint density at radius 2 is 2.13 bits per heavy atom. The molecule has 0 saturated heterocycles. The van der Waals surface area contributed by atoms with Crippen molar-refractivity contribution in [3.8, 4) is 0 Å². The van der Waals surface area contributed by atoms with Crippen molar-refractivity contribution in [1.29, 1.82) is 0 Å². The highest BCUT2D eigenvalue weighted by atomic mass is 79.9. The van der Waals surface area contributed by atoms with Crippen LogP contribution >= 0.6 is 27.5 Å². The first-order valence-corrected chi connectivity index (χ1v) is 8.85. The number of imidazole rings is 1. The molecular weight excluding hydrogens is 378 g/mol. The number of halogens is 2. The van der Waals surface area contributed by atoms with E-state index in [1.54, 1.807) is 6.07 Å². The van der Waals surface area contributed by atoms with Crippen molar-refractivity contribution in [2.24, 2.45) is 7.05 Å². The van der Waals surface area contributed by atoms with Crippen molar-refractivity contribution >= 4 is 33.4 Å². The number of hydrogen-bond acceptors (Lipinski definition) is 2. The molecule has 1 aliphatic heterocycles. The summed E-state index contributed by atoms with van der Waals surface area (Å²) < 4.78 is 2.91. The first-order valence-electron chi connectivity index (χ1n) is 7.67. The summed E-state index contributed by atoms with van der Waals surface area (Å²) in [5, 5.41) is 0.465. The zero-order chi connectivity index (χ0) is 16.7. The Labute approximate surface area is 149 Å². The van der Waals surface area contributed by atoms with E-state index in [1.807, 2.05) is 17.0 Å². The Morgan fingerprint density at radius 1 is 1.39 bits per heavy atom. The predicted molar refractivity (Wildman–Crippen MR) is 94.9 cm³/mol. The van der Waals surface area contributed by atoms with Gasteiger partial charge in [0, 0.05) is 36.1 Å². The molecule has 1 aromatic carbocycles. The van der Waals surface area contributed by atoms with Crippen molar-refractivity contribution in [2.75, 3.05) is 6.54 Å². The van der Waals surface area contributed by atoms with E-state index in [-0.39, 0.29) is 5.91 Å². The van der Waals surface area contributed by atoms with Crippen LogP contribution in [0.4, 0.5) is 0 Å². The van der Waals surface area contributed by atoms with Crippen molar-refractivity contribution in [2.45, 2.75) is 32.7 Å². The second kappa shape index (κ2) is 6.29. The maximum Gasteiger partial charge on any atom is 0.255 e. The van der Waals surface area contributed by atoms with Crippen LogP contribution in [-0.4, -0.2) is 26.9 Å². The molecule has 0 unspecified atom stereocenters. The number of benzene rings is 1. The average Bonchev–Trinajstić information content (AvgIpc) is 2.86. The molecule has 0 radical (unpaired) electrons. The summed E-state index contributed by atoms with van der Waals surface area (Å²) in [7, 11) is 2.06. The van der Waals surface area contributed by atoms with Gasteiger partial charge >= 0.3 is 0 Å². The Hall–Kier alpha value is -1.33. The first-order chi connectivity index (χ1) is 10.9. The largest absolute Gasteiger partial charge is 0.334 e. The topological polar surface area (TPSA) is 38.1 Å². The van der Waals surface area contributed by atoms with Crippen LogP contribution in [0.3, 0.4) is 0 Å². The van der Waals surface area contributed by atoms with Gasteiger partial charge in [-0.15, -0.1) is 0 Å². The fourth-order valence-corrected chi connectivity index (χ4v) is 3.65. The molecule has 2 aromatic rings. The summed E-state index contributed by atoms with van der Waals surface area (Å²) in [4.78, 5) is 19.4. The highest BCUT2D eigenvalue weighted by Crippen LogP contribution is 2.29. The van der Waals surface area contributed by atoms with Crippen molar-refractivity contribution < 1.29 is 4.79 Å². The summed E-state index contributed by atoms with van der Waals surface area (Å²) in [6.45, 7) is 5.50. The standard InChI is InChI=1S/C17H19BrClN3O/c1-10(2)16-20-13-9-22(8-7-14(13)21(16)3)17(23)11-5-4-6-12(18)15(11)19/h4-6,10H,7-9H2,1-3H3. The number of carbonyl (C=O) groups excluding carboxylic acids is 1. The number of rotatable bonds is 2. The molecule has 122 valence electrons. The molecule has 1 aromatic heterocycles. The minimum absolute atomic E-state index is 0.0429. The maximum absolute atomic E-state index is 12.8. The molecule has 2 heterocycles. The first kappa shape index (κ1) is 16.5. The van der Waals surface area contributed by atoms with Crippen LogP contribution in [0.15, 0.2) is 22.7 Å². The van der Waals surface area contributed by atoms with Crippen LogP contribution in [0.25, 0.3) is 0 Å². The summed E-state index contributed by atoms with van der Waals surface area (Å²) in [6.07, 6.45) is 0.822. The van der Waals surface area contributed by atoms with E-state index in [9.17, 15) is 4.79 Å². The van der Waals surface area contributed by atoms with Gasteiger partial charge in [0.25, 0.3) is 5.91 Å². The summed E-state index contributed by atoms with van der Waals surface area (Å²) in [6, 6.07) is 5.43. The third-order valence-corrected chi connectivity index (χ3v) is 5.57. The average molecular weight is 397 g/mol. The fourth-order valence-electron chi connectivity index (χ4n) is 3.08. The van der Waals surface area contributed by atoms with Gasteiger partial charge in [-0.25, -0.2) is 4.98 Å². The molecule has 23 heavy (non-hydrogen) atoms. The Balaban J connectivity index is 1.89. The van der Waals surface area contributed by atoms with Crippen molar-refractivity contribution in [1.82, 2.24) is 14.5 Å². The lowest BCUT2D eigenvalue weighted by Crippen LogP contribution is -2.36. The molecule has 0 bridgehead atoms. The molecule has 0 saturated carbocycles. The van der Waals surface area contributed by atoms with Crippen LogP contribution in [0.2, 0.25) is 5.02 Å². The maximum atomic E-state index is 12.8. The lowest BCUT2D eigenvalue weighted by molar-refractivity contribution is 0.0731. The number of carbonyl (C=O) groups is 1. The van der Waals surface area contributed by atoms with Gasteiger partial charge in [0.15, 0.2) is 0 Å². The fraction of sp³-hybridized carbons (Fsp3) is 0.412. The lowest BCUT2D eigenvalue weighted by Gasteiger charge is -2.27. The van der Waals surface area contributed by atoms with Crippen molar-refractivity contribution in [3.05, 3.63) is 50.5 Å². The minimum atomic E-state index is -0.0429. The van der Waals surface area contributed by atoms with Gasteiger partial charge < -0.3 is 9.47 Å². The van der Waals surface area contributed by atoms with Gasteiger partial charge in [0.2, 0.25) is 0 Å². The third-order valence-electron chi connectivity index (χ3n) is 4.28. The molecule has 0 atom stereocenters. The van der Waals surface area contributed by atoms with Gasteiger partial charge in [0.05, 0.1) is 22.8 Å². The van der Waals surface area contributed by atoms with Gasteiger partial charge in [-0.05, 0) is 28.1 Å². The number of aromatic nitrogens is 2. The van der Waals surface area contributed by atoms with E-state index in [1.165, 1.54) is 5.69 Å². The second-order valence-electron chi connectivity index (χ2n) is 6.16. The van der Waals surface area contributed by atoms with E-state index in [0.717, 1.165) is 22.4 Å². The molecular formula is C17H19BrClN3O. The van der Waals surface area contributed by atoms with Crippen LogP contribution in [0.5, 0.6) is 0 Å². The quantitative estimate of drug-likeness (QED) is 0.764. The van der Waals surface area contributed by atoms with Crippen LogP contribution in [0.1, 0.15) is 47.3 Å². The lowest BCUT2D eigenvalue weighted by atomic mass is 10.1. The number of amides is 1. The summed E-state index contributed by atoms with van der Waals surface area (Å²) in [5.74, 6) is 1.40. The van der Waals surface area contributed by atoms with E-state index >= 15 is 0 Å². The SMILES string of the molecule is CC(C)c1nc2c(n1C)CCN(C(=O)c1cccc(Br)c1Cl)C2. The Bertz CT molecular complexity index is 769. The normalized spacial score (nSPS) is 14.3. The molecule has 6 heteroatoms. The second-order valence-corrected chi connectivity index (χ2v) is 7.39. The summed E-state index contributed by atoms with van der Waals surface area (Å²) in [5.41, 5.74) is 2.77.